The molecule has 39 heavy (non-hydrogen) atoms. The fraction of sp³-hybridized carbons (Fsp3) is 0.0882. The average molecular weight is 528 g/mol. The first kappa shape index (κ1) is 23.6. The Labute approximate surface area is 231 Å². The van der Waals surface area contributed by atoms with E-state index in [1.54, 1.807) is 6.07 Å². The van der Waals surface area contributed by atoms with Crippen LogP contribution in [0.2, 0.25) is 5.02 Å². The van der Waals surface area contributed by atoms with Gasteiger partial charge in [0.2, 0.25) is 0 Å². The Kier molecular flexibility index (Phi) is 5.83. The summed E-state index contributed by atoms with van der Waals surface area (Å²) in [6.45, 7) is 1.62. The van der Waals surface area contributed by atoms with Crippen molar-refractivity contribution in [2.24, 2.45) is 0 Å². The Balaban J connectivity index is 1.65. The van der Waals surface area contributed by atoms with Gasteiger partial charge in [-0.15, -0.1) is 0 Å². The van der Waals surface area contributed by atoms with Gasteiger partial charge in [0.1, 0.15) is 5.82 Å². The Bertz CT molecular complexity index is 1830. The monoisotopic (exact) mass is 527 g/mol. The number of hydrogen-bond acceptors (Lipinski definition) is 2. The minimum absolute atomic E-state index is 0.0831. The zero-order valence-corrected chi connectivity index (χ0v) is 22.0. The summed E-state index contributed by atoms with van der Waals surface area (Å²) < 4.78 is 2.29. The van der Waals surface area contributed by atoms with E-state index < -0.39 is 0 Å². The fourth-order valence-electron chi connectivity index (χ4n) is 5.83. The molecule has 0 amide bonds. The molecule has 0 saturated carbocycles. The lowest BCUT2D eigenvalue weighted by molar-refractivity contribution is 0.104. The molecule has 5 heteroatoms. The van der Waals surface area contributed by atoms with Crippen molar-refractivity contribution in [3.8, 4) is 33.6 Å². The van der Waals surface area contributed by atoms with Crippen LogP contribution >= 0.6 is 11.6 Å². The third-order valence-electron chi connectivity index (χ3n) is 7.53. The molecule has 0 radical (unpaired) electrons. The van der Waals surface area contributed by atoms with Gasteiger partial charge < -0.3 is 14.9 Å². The van der Waals surface area contributed by atoms with Gasteiger partial charge in [-0.2, -0.15) is 0 Å². The molecule has 6 aromatic rings. The lowest BCUT2D eigenvalue weighted by Crippen LogP contribution is -2.19. The molecule has 0 bridgehead atoms. The number of hydrogen-bond donors (Lipinski definition) is 2. The van der Waals surface area contributed by atoms with E-state index in [-0.39, 0.29) is 5.78 Å². The molecule has 2 N–H and O–H groups in total. The maximum atomic E-state index is 14.5. The third-order valence-corrected chi connectivity index (χ3v) is 7.86. The Hall–Kier alpha value is -4.54. The molecule has 0 spiro atoms. The fourth-order valence-corrected chi connectivity index (χ4v) is 6.06. The van der Waals surface area contributed by atoms with Crippen molar-refractivity contribution in [2.75, 3.05) is 11.9 Å². The van der Waals surface area contributed by atoms with Crippen molar-refractivity contribution >= 4 is 34.1 Å². The second-order valence-electron chi connectivity index (χ2n) is 9.84. The molecule has 0 saturated heterocycles. The first-order valence-corrected chi connectivity index (χ1v) is 13.6. The number of fused-ring (bicyclic) bond motifs is 2. The predicted octanol–water partition coefficient (Wildman–Crippen LogP) is 8.67. The highest BCUT2D eigenvalue weighted by Gasteiger charge is 2.34. The van der Waals surface area contributed by atoms with E-state index in [9.17, 15) is 4.79 Å². The minimum atomic E-state index is -0.0831. The number of halogens is 1. The summed E-state index contributed by atoms with van der Waals surface area (Å²) in [6.07, 6.45) is 0.972. The molecule has 1 aliphatic rings. The summed E-state index contributed by atoms with van der Waals surface area (Å²) in [5.74, 6) is 0.768. The van der Waals surface area contributed by atoms with Crippen LogP contribution in [0.3, 0.4) is 0 Å². The van der Waals surface area contributed by atoms with Crippen molar-refractivity contribution in [3.05, 3.63) is 125 Å². The Morgan fingerprint density at radius 3 is 2.18 bits per heavy atom. The zero-order chi connectivity index (χ0) is 26.3. The van der Waals surface area contributed by atoms with Gasteiger partial charge in [-0.3, -0.25) is 4.79 Å². The quantitative estimate of drug-likeness (QED) is 0.220. The summed E-state index contributed by atoms with van der Waals surface area (Å²) >= 11 is 6.62. The number of carbonyl (C=O) groups excluding carboxylic acids is 1. The molecule has 0 aliphatic carbocycles. The van der Waals surface area contributed by atoms with Crippen LogP contribution in [-0.4, -0.2) is 21.9 Å². The second-order valence-corrected chi connectivity index (χ2v) is 10.2. The molecule has 190 valence electrons. The van der Waals surface area contributed by atoms with E-state index in [4.69, 9.17) is 11.6 Å². The van der Waals surface area contributed by atoms with Crippen LogP contribution in [0.5, 0.6) is 0 Å². The number of nitrogens with zero attached hydrogens (tertiary/aromatic N) is 1. The van der Waals surface area contributed by atoms with E-state index >= 15 is 0 Å². The summed E-state index contributed by atoms with van der Waals surface area (Å²) in [7, 11) is 0. The van der Waals surface area contributed by atoms with Crippen molar-refractivity contribution < 1.29 is 4.79 Å². The van der Waals surface area contributed by atoms with Gasteiger partial charge in [-0.1, -0.05) is 103 Å². The van der Waals surface area contributed by atoms with Crippen molar-refractivity contribution in [1.82, 2.24) is 9.55 Å². The molecule has 4 aromatic carbocycles. The van der Waals surface area contributed by atoms with Gasteiger partial charge in [0, 0.05) is 40.7 Å². The molecule has 4 nitrogen and oxygen atoms in total. The molecule has 2 aromatic heterocycles. The Morgan fingerprint density at radius 2 is 1.41 bits per heavy atom. The summed E-state index contributed by atoms with van der Waals surface area (Å²) in [6, 6.07) is 36.4. The third kappa shape index (κ3) is 3.87. The maximum Gasteiger partial charge on any atom is 0.198 e. The first-order chi connectivity index (χ1) is 19.2. The summed E-state index contributed by atoms with van der Waals surface area (Å²) in [5.41, 5.74) is 8.29. The largest absolute Gasteiger partial charge is 0.371 e. The van der Waals surface area contributed by atoms with Crippen LogP contribution in [-0.2, 0) is 6.54 Å². The number of para-hydroxylation sites is 1. The molecule has 0 atom stereocenters. The lowest BCUT2D eigenvalue weighted by Gasteiger charge is -2.20. The summed E-state index contributed by atoms with van der Waals surface area (Å²) in [5, 5.41) is 5.12. The van der Waals surface area contributed by atoms with Gasteiger partial charge in [-0.25, -0.2) is 0 Å². The number of nitrogens with one attached hydrogen (secondary N) is 2. The van der Waals surface area contributed by atoms with Gasteiger partial charge in [-0.05, 0) is 35.7 Å². The highest BCUT2D eigenvalue weighted by molar-refractivity contribution is 6.36. The van der Waals surface area contributed by atoms with E-state index in [2.05, 4.69) is 69.5 Å². The zero-order valence-electron chi connectivity index (χ0n) is 21.2. The number of benzene rings is 4. The lowest BCUT2D eigenvalue weighted by atomic mass is 9.90. The maximum absolute atomic E-state index is 14.5. The van der Waals surface area contributed by atoms with Crippen LogP contribution in [0.15, 0.2) is 109 Å². The van der Waals surface area contributed by atoms with Crippen LogP contribution in [0.4, 0.5) is 5.82 Å². The topological polar surface area (TPSA) is 49.8 Å². The molecular weight excluding hydrogens is 502 g/mol. The molecule has 7 rings (SSSR count). The number of H-pyrrole nitrogens is 1. The van der Waals surface area contributed by atoms with E-state index in [0.717, 1.165) is 69.9 Å². The smallest absolute Gasteiger partial charge is 0.198 e. The normalized spacial score (nSPS) is 12.7. The molecule has 3 heterocycles. The molecular formula is C34H26ClN3O. The van der Waals surface area contributed by atoms with Crippen LogP contribution in [0.25, 0.3) is 44.5 Å². The van der Waals surface area contributed by atoms with Crippen LogP contribution in [0, 0.1) is 0 Å². The van der Waals surface area contributed by atoms with E-state index in [1.165, 1.54) is 0 Å². The van der Waals surface area contributed by atoms with Gasteiger partial charge in [0.25, 0.3) is 0 Å². The van der Waals surface area contributed by atoms with E-state index in [0.29, 0.717) is 16.1 Å². The highest BCUT2D eigenvalue weighted by atomic mass is 35.5. The predicted molar refractivity (Wildman–Crippen MR) is 161 cm³/mol. The van der Waals surface area contributed by atoms with Gasteiger partial charge in [0.15, 0.2) is 5.78 Å². The van der Waals surface area contributed by atoms with Crippen molar-refractivity contribution in [3.63, 3.8) is 0 Å². The van der Waals surface area contributed by atoms with Crippen molar-refractivity contribution in [1.29, 1.82) is 0 Å². The number of ketones is 1. The second kappa shape index (κ2) is 9.64. The number of aromatic nitrogens is 2. The highest BCUT2D eigenvalue weighted by Crippen LogP contribution is 2.49. The van der Waals surface area contributed by atoms with Gasteiger partial charge in [0.05, 0.1) is 22.0 Å². The standard InChI is InChI=1S/C34H26ClN3O/c35-26-18-9-7-16-24(26)33(39)30-29(32(23-14-5-2-6-15-23)38-21-11-20-36-34(30)38)28-25-17-8-10-19-27(25)37-31(28)22-12-3-1-4-13-22/h1-10,12-19,36-37H,11,20-21H2. The number of aromatic amines is 1. The molecule has 0 unspecified atom stereocenters. The van der Waals surface area contributed by atoms with Crippen LogP contribution < -0.4 is 5.32 Å². The Morgan fingerprint density at radius 1 is 0.744 bits per heavy atom. The first-order valence-electron chi connectivity index (χ1n) is 13.2. The van der Waals surface area contributed by atoms with Crippen LogP contribution in [0.1, 0.15) is 22.3 Å². The molecule has 0 fully saturated rings. The SMILES string of the molecule is O=C(c1ccccc1Cl)c1c(-c2c(-c3ccccc3)[nH]c3ccccc23)c(-c2ccccc2)n2c1NCCC2. The number of rotatable bonds is 5. The number of anilines is 1. The van der Waals surface area contributed by atoms with E-state index in [1.807, 2.05) is 48.5 Å². The summed E-state index contributed by atoms with van der Waals surface area (Å²) in [4.78, 5) is 18.2. The number of carbonyl (C=O) groups is 1. The average Bonchev–Trinajstić information content (AvgIpc) is 3.54. The van der Waals surface area contributed by atoms with Crippen molar-refractivity contribution in [2.45, 2.75) is 13.0 Å². The minimum Gasteiger partial charge on any atom is -0.371 e. The van der Waals surface area contributed by atoms with Gasteiger partial charge >= 0.3 is 0 Å². The molecule has 1 aliphatic heterocycles.